The molecule has 2 fully saturated rings. The average molecular weight is 456 g/mol. The van der Waals surface area contributed by atoms with Crippen molar-refractivity contribution in [2.45, 2.75) is 13.0 Å². The Balaban J connectivity index is 1.21. The average Bonchev–Trinajstić information content (AvgIpc) is 3.46. The predicted octanol–water partition coefficient (Wildman–Crippen LogP) is 1.83. The van der Waals surface area contributed by atoms with Crippen molar-refractivity contribution >= 4 is 39.6 Å². The first-order valence-electron chi connectivity index (χ1n) is 9.47. The number of carbonyl (C=O) groups excluding carboxylic acids is 3. The molecule has 2 aromatic rings. The van der Waals surface area contributed by atoms with Crippen molar-refractivity contribution in [2.24, 2.45) is 23.7 Å². The minimum absolute atomic E-state index is 0.130. The molecule has 8 nitrogen and oxygen atoms in total. The molecule has 1 aromatic carbocycles. The van der Waals surface area contributed by atoms with Gasteiger partial charge in [-0.3, -0.25) is 24.6 Å². The van der Waals surface area contributed by atoms with E-state index in [2.05, 4.69) is 31.3 Å². The first-order valence-corrected chi connectivity index (χ1v) is 10.3. The number of aromatic nitrogens is 3. The van der Waals surface area contributed by atoms with Gasteiger partial charge in [0.15, 0.2) is 0 Å². The minimum Gasteiger partial charge on any atom is -0.292 e. The van der Waals surface area contributed by atoms with E-state index in [9.17, 15) is 14.4 Å². The molecule has 148 valence electrons. The zero-order chi connectivity index (χ0) is 20.1. The molecule has 0 spiro atoms. The van der Waals surface area contributed by atoms with Gasteiger partial charge >= 0.3 is 0 Å². The number of amides is 3. The third kappa shape index (κ3) is 3.19. The molecule has 9 heteroatoms. The third-order valence-corrected chi connectivity index (χ3v) is 6.44. The van der Waals surface area contributed by atoms with E-state index in [-0.39, 0.29) is 48.0 Å². The number of nitrogens with zero attached hydrogens (tertiary/aromatic N) is 4. The Morgan fingerprint density at radius 1 is 1.10 bits per heavy atom. The molecule has 2 bridgehead atoms. The number of carbonyl (C=O) groups is 3. The number of halogens is 1. The highest BCUT2D eigenvalue weighted by Crippen LogP contribution is 2.52. The number of nitrogens with one attached hydrogen (secondary N) is 1. The van der Waals surface area contributed by atoms with Crippen LogP contribution in [0.2, 0.25) is 0 Å². The Kier molecular flexibility index (Phi) is 4.34. The van der Waals surface area contributed by atoms with Gasteiger partial charge in [0.1, 0.15) is 12.9 Å². The van der Waals surface area contributed by atoms with Gasteiger partial charge in [0, 0.05) is 4.47 Å². The molecule has 1 saturated heterocycles. The maximum atomic E-state index is 12.7. The smallest absolute Gasteiger partial charge is 0.248 e. The van der Waals surface area contributed by atoms with Crippen LogP contribution in [0.4, 0.5) is 5.95 Å². The van der Waals surface area contributed by atoms with E-state index in [1.54, 1.807) is 4.68 Å². The van der Waals surface area contributed by atoms with Crippen molar-refractivity contribution in [2.75, 3.05) is 11.9 Å². The van der Waals surface area contributed by atoms with Gasteiger partial charge in [-0.05, 0) is 36.0 Å². The summed E-state index contributed by atoms with van der Waals surface area (Å²) in [6.07, 6.45) is 6.45. The number of anilines is 1. The van der Waals surface area contributed by atoms with E-state index in [0.29, 0.717) is 6.54 Å². The lowest BCUT2D eigenvalue weighted by molar-refractivity contribution is -0.143. The predicted molar refractivity (Wildman–Crippen MR) is 106 cm³/mol. The first-order chi connectivity index (χ1) is 14.0. The van der Waals surface area contributed by atoms with E-state index in [1.165, 1.54) is 6.33 Å². The number of allylic oxidation sites excluding steroid dienone is 2. The normalized spacial score (nSPS) is 27.0. The van der Waals surface area contributed by atoms with Crippen LogP contribution in [0.3, 0.4) is 0 Å². The fraction of sp³-hybridized carbons (Fsp3) is 0.350. The number of fused-ring (bicyclic) bond motifs is 5. The van der Waals surface area contributed by atoms with Crippen LogP contribution in [0, 0.1) is 23.7 Å². The third-order valence-electron chi connectivity index (χ3n) is 5.91. The Hall–Kier alpha value is -2.81. The lowest BCUT2D eigenvalue weighted by Gasteiger charge is -2.16. The van der Waals surface area contributed by atoms with Crippen LogP contribution in [0.5, 0.6) is 0 Å². The van der Waals surface area contributed by atoms with Crippen molar-refractivity contribution in [1.82, 2.24) is 19.7 Å². The number of likely N-dealkylation sites (tertiary alicyclic amines) is 1. The number of imide groups is 1. The standard InChI is InChI=1S/C20H18BrN5O3/c21-14-5-1-11(2-6-14)8-25-10-22-20(24-25)23-15(27)9-26-18(28)16-12-3-4-13(7-12)17(16)19(26)29/h1-6,10,12-13,16-17H,7-9H2,(H,23,24,27). The van der Waals surface area contributed by atoms with E-state index in [1.807, 2.05) is 36.4 Å². The molecule has 1 aromatic heterocycles. The second-order valence-electron chi connectivity index (χ2n) is 7.70. The fourth-order valence-corrected chi connectivity index (χ4v) is 4.90. The Morgan fingerprint density at radius 3 is 2.41 bits per heavy atom. The van der Waals surface area contributed by atoms with Gasteiger partial charge < -0.3 is 0 Å². The largest absolute Gasteiger partial charge is 0.292 e. The maximum absolute atomic E-state index is 12.7. The first kappa shape index (κ1) is 18.2. The zero-order valence-corrected chi connectivity index (χ0v) is 16.9. The summed E-state index contributed by atoms with van der Waals surface area (Å²) in [5, 5.41) is 6.81. The van der Waals surface area contributed by atoms with Crippen molar-refractivity contribution in [1.29, 1.82) is 0 Å². The van der Waals surface area contributed by atoms with E-state index in [4.69, 9.17) is 0 Å². The summed E-state index contributed by atoms with van der Waals surface area (Å²) in [5.74, 6) is -1.14. The van der Waals surface area contributed by atoms with E-state index in [0.717, 1.165) is 21.4 Å². The van der Waals surface area contributed by atoms with E-state index >= 15 is 0 Å². The van der Waals surface area contributed by atoms with Crippen LogP contribution < -0.4 is 5.32 Å². The SMILES string of the molecule is O=C(CN1C(=O)C2C3C=CC(C3)C2C1=O)Nc1ncn(Cc2ccc(Br)cc2)n1. The van der Waals surface area contributed by atoms with E-state index < -0.39 is 5.91 Å². The molecule has 3 aliphatic rings. The summed E-state index contributed by atoms with van der Waals surface area (Å²) in [7, 11) is 0. The zero-order valence-electron chi connectivity index (χ0n) is 15.4. The van der Waals surface area contributed by atoms with Gasteiger partial charge in [0.25, 0.3) is 0 Å². The maximum Gasteiger partial charge on any atom is 0.248 e. The Labute approximate surface area is 175 Å². The van der Waals surface area contributed by atoms with Gasteiger partial charge in [-0.1, -0.05) is 40.2 Å². The van der Waals surface area contributed by atoms with Crippen LogP contribution in [0.15, 0.2) is 47.2 Å². The lowest BCUT2D eigenvalue weighted by Crippen LogP contribution is -2.39. The topological polar surface area (TPSA) is 97.2 Å². The summed E-state index contributed by atoms with van der Waals surface area (Å²) >= 11 is 3.39. The molecule has 4 unspecified atom stereocenters. The molecule has 2 heterocycles. The van der Waals surface area contributed by atoms with Gasteiger partial charge in [-0.15, -0.1) is 5.10 Å². The molecule has 1 aliphatic heterocycles. The summed E-state index contributed by atoms with van der Waals surface area (Å²) in [5.41, 5.74) is 1.04. The number of hydrogen-bond donors (Lipinski definition) is 1. The lowest BCUT2D eigenvalue weighted by atomic mass is 9.85. The van der Waals surface area contributed by atoms with Crippen molar-refractivity contribution in [3.8, 4) is 0 Å². The molecule has 2 aliphatic carbocycles. The van der Waals surface area contributed by atoms with Crippen LogP contribution in [0.1, 0.15) is 12.0 Å². The van der Waals surface area contributed by atoms with Gasteiger partial charge in [0.2, 0.25) is 23.7 Å². The Bertz CT molecular complexity index is 1000. The Morgan fingerprint density at radius 2 is 1.76 bits per heavy atom. The molecule has 1 N–H and O–H groups in total. The molecule has 1 saturated carbocycles. The second-order valence-corrected chi connectivity index (χ2v) is 8.62. The number of benzene rings is 1. The fourth-order valence-electron chi connectivity index (χ4n) is 4.63. The van der Waals surface area contributed by atoms with Gasteiger partial charge in [-0.25, -0.2) is 9.67 Å². The van der Waals surface area contributed by atoms with Crippen molar-refractivity contribution < 1.29 is 14.4 Å². The van der Waals surface area contributed by atoms with Crippen LogP contribution in [-0.4, -0.2) is 43.9 Å². The molecular weight excluding hydrogens is 438 g/mol. The second kappa shape index (κ2) is 6.91. The molecule has 0 radical (unpaired) electrons. The highest BCUT2D eigenvalue weighted by molar-refractivity contribution is 9.10. The molecule has 4 atom stereocenters. The number of rotatable bonds is 5. The quantitative estimate of drug-likeness (QED) is 0.547. The van der Waals surface area contributed by atoms with Gasteiger partial charge in [0.05, 0.1) is 18.4 Å². The highest BCUT2D eigenvalue weighted by Gasteiger charge is 2.59. The molecule has 29 heavy (non-hydrogen) atoms. The monoisotopic (exact) mass is 455 g/mol. The minimum atomic E-state index is -0.478. The molecule has 3 amide bonds. The summed E-state index contributed by atoms with van der Waals surface area (Å²) < 4.78 is 2.60. The van der Waals surface area contributed by atoms with Crippen LogP contribution in [0.25, 0.3) is 0 Å². The van der Waals surface area contributed by atoms with Crippen LogP contribution in [-0.2, 0) is 20.9 Å². The van der Waals surface area contributed by atoms with Crippen molar-refractivity contribution in [3.05, 3.63) is 52.8 Å². The number of hydrogen-bond acceptors (Lipinski definition) is 5. The molecule has 5 rings (SSSR count). The summed E-state index contributed by atoms with van der Waals surface area (Å²) in [6.45, 7) is 0.212. The van der Waals surface area contributed by atoms with Gasteiger partial charge in [-0.2, -0.15) is 0 Å². The summed E-state index contributed by atoms with van der Waals surface area (Å²) in [4.78, 5) is 42.9. The van der Waals surface area contributed by atoms with Crippen molar-refractivity contribution in [3.63, 3.8) is 0 Å². The summed E-state index contributed by atoms with van der Waals surface area (Å²) in [6, 6.07) is 7.81. The molecular formula is C20H18BrN5O3. The van der Waals surface area contributed by atoms with Crippen LogP contribution >= 0.6 is 15.9 Å². The highest BCUT2D eigenvalue weighted by atomic mass is 79.9.